The van der Waals surface area contributed by atoms with Crippen molar-refractivity contribution in [3.05, 3.63) is 57.2 Å². The second kappa shape index (κ2) is 7.94. The van der Waals surface area contributed by atoms with Gasteiger partial charge in [0, 0.05) is 18.8 Å². The van der Waals surface area contributed by atoms with Gasteiger partial charge in [0.1, 0.15) is 4.70 Å². The van der Waals surface area contributed by atoms with E-state index in [4.69, 9.17) is 4.98 Å². The van der Waals surface area contributed by atoms with Gasteiger partial charge >= 0.3 is 0 Å². The lowest BCUT2D eigenvalue weighted by molar-refractivity contribution is 0.315. The lowest BCUT2D eigenvalue weighted by Gasteiger charge is -2.17. The number of aryl methyl sites for hydroxylation is 1. The number of hydrogen-bond donors (Lipinski definition) is 0. The van der Waals surface area contributed by atoms with Gasteiger partial charge in [-0.1, -0.05) is 36.0 Å². The zero-order valence-electron chi connectivity index (χ0n) is 15.0. The molecule has 1 aromatic carbocycles. The summed E-state index contributed by atoms with van der Waals surface area (Å²) < 4.78 is 2.66. The second-order valence-electron chi connectivity index (χ2n) is 6.75. The van der Waals surface area contributed by atoms with Crippen LogP contribution in [0.1, 0.15) is 24.0 Å². The fraction of sp³-hybridized carbons (Fsp3) is 0.400. The van der Waals surface area contributed by atoms with Crippen LogP contribution in [0.4, 0.5) is 0 Å². The number of thioether (sulfide) groups is 1. The highest BCUT2D eigenvalue weighted by Gasteiger charge is 2.16. The van der Waals surface area contributed by atoms with Gasteiger partial charge in [0.15, 0.2) is 5.16 Å². The van der Waals surface area contributed by atoms with Crippen LogP contribution < -0.4 is 5.56 Å². The number of hydrogen-bond acceptors (Lipinski definition) is 5. The van der Waals surface area contributed by atoms with Gasteiger partial charge in [0.05, 0.1) is 5.52 Å². The summed E-state index contributed by atoms with van der Waals surface area (Å²) in [6.07, 6.45) is 2.54. The number of benzene rings is 1. The molecule has 4 rings (SSSR count). The Kier molecular flexibility index (Phi) is 5.43. The zero-order chi connectivity index (χ0) is 17.9. The van der Waals surface area contributed by atoms with Gasteiger partial charge in [-0.05, 0) is 55.4 Å². The van der Waals surface area contributed by atoms with Crippen LogP contribution in [0.15, 0.2) is 45.7 Å². The maximum absolute atomic E-state index is 13.0. The first-order chi connectivity index (χ1) is 12.7. The molecule has 0 bridgehead atoms. The van der Waals surface area contributed by atoms with E-state index >= 15 is 0 Å². The van der Waals surface area contributed by atoms with E-state index in [1.807, 2.05) is 16.0 Å². The van der Waals surface area contributed by atoms with Crippen molar-refractivity contribution in [2.24, 2.45) is 0 Å². The molecule has 0 unspecified atom stereocenters. The summed E-state index contributed by atoms with van der Waals surface area (Å²) in [6, 6.07) is 10.4. The molecule has 6 heteroatoms. The third-order valence-corrected chi connectivity index (χ3v) is 6.90. The maximum Gasteiger partial charge on any atom is 0.272 e. The molecule has 26 heavy (non-hydrogen) atoms. The first kappa shape index (κ1) is 17.8. The Morgan fingerprint density at radius 3 is 2.77 bits per heavy atom. The number of aromatic nitrogens is 2. The molecule has 3 heterocycles. The van der Waals surface area contributed by atoms with E-state index in [1.165, 1.54) is 35.3 Å². The molecule has 0 radical (unpaired) electrons. The molecule has 1 fully saturated rings. The molecule has 4 nitrogen and oxygen atoms in total. The van der Waals surface area contributed by atoms with Gasteiger partial charge in [0.2, 0.25) is 0 Å². The van der Waals surface area contributed by atoms with Gasteiger partial charge < -0.3 is 4.90 Å². The van der Waals surface area contributed by atoms with Crippen molar-refractivity contribution in [3.63, 3.8) is 0 Å². The van der Waals surface area contributed by atoms with E-state index in [9.17, 15) is 4.79 Å². The average molecular weight is 386 g/mol. The summed E-state index contributed by atoms with van der Waals surface area (Å²) in [6.45, 7) is 6.07. The summed E-state index contributed by atoms with van der Waals surface area (Å²) in [5.74, 6) is 0.832. The second-order valence-corrected chi connectivity index (χ2v) is 8.61. The van der Waals surface area contributed by atoms with Gasteiger partial charge in [-0.3, -0.25) is 9.36 Å². The highest BCUT2D eigenvalue weighted by atomic mass is 32.2. The monoisotopic (exact) mass is 385 g/mol. The number of rotatable bonds is 6. The van der Waals surface area contributed by atoms with Crippen LogP contribution in [-0.4, -0.2) is 34.1 Å². The maximum atomic E-state index is 13.0. The third-order valence-electron chi connectivity index (χ3n) is 4.99. The molecule has 0 spiro atoms. The number of nitrogens with zero attached hydrogens (tertiary/aromatic N) is 3. The molecule has 136 valence electrons. The molecular weight excluding hydrogens is 362 g/mol. The molecule has 0 amide bonds. The molecule has 1 aliphatic rings. The van der Waals surface area contributed by atoms with Crippen molar-refractivity contribution >= 4 is 33.3 Å². The van der Waals surface area contributed by atoms with Crippen LogP contribution in [0.3, 0.4) is 0 Å². The minimum atomic E-state index is 0.108. The summed E-state index contributed by atoms with van der Waals surface area (Å²) >= 11 is 3.16. The standard InChI is InChI=1S/C20H23N3OS2/c1-15-6-2-3-7-16(15)14-26-20-21-17-8-13-25-18(17)19(24)23(20)12-11-22-9-4-5-10-22/h2-3,6-8,13H,4-5,9-12,14H2,1H3. The van der Waals surface area contributed by atoms with Gasteiger partial charge in [0.25, 0.3) is 5.56 Å². The van der Waals surface area contributed by atoms with E-state index in [1.54, 1.807) is 11.8 Å². The summed E-state index contributed by atoms with van der Waals surface area (Å²) in [4.78, 5) is 20.2. The highest BCUT2D eigenvalue weighted by Crippen LogP contribution is 2.25. The SMILES string of the molecule is Cc1ccccc1CSc1nc2ccsc2c(=O)n1CCN1CCCC1. The fourth-order valence-electron chi connectivity index (χ4n) is 3.39. The predicted molar refractivity (Wildman–Crippen MR) is 110 cm³/mol. The van der Waals surface area contributed by atoms with Gasteiger partial charge in [-0.25, -0.2) is 4.98 Å². The van der Waals surface area contributed by atoms with Crippen molar-refractivity contribution in [1.29, 1.82) is 0 Å². The van der Waals surface area contributed by atoms with Crippen LogP contribution in [0, 0.1) is 6.92 Å². The van der Waals surface area contributed by atoms with Crippen molar-refractivity contribution in [2.45, 2.75) is 37.2 Å². The van der Waals surface area contributed by atoms with Crippen LogP contribution in [0.5, 0.6) is 0 Å². The van der Waals surface area contributed by atoms with Crippen LogP contribution in [0.2, 0.25) is 0 Å². The molecular formula is C20H23N3OS2. The topological polar surface area (TPSA) is 38.1 Å². The Balaban J connectivity index is 1.61. The lowest BCUT2D eigenvalue weighted by atomic mass is 10.1. The molecule has 0 N–H and O–H groups in total. The smallest absolute Gasteiger partial charge is 0.272 e. The Hall–Kier alpha value is -1.63. The van der Waals surface area contributed by atoms with Crippen molar-refractivity contribution in [3.8, 4) is 0 Å². The number of thiophene rings is 1. The highest BCUT2D eigenvalue weighted by molar-refractivity contribution is 7.98. The normalized spacial score (nSPS) is 15.1. The fourth-order valence-corrected chi connectivity index (χ4v) is 5.27. The average Bonchev–Trinajstić information content (AvgIpc) is 3.32. The Bertz CT molecular complexity index is 957. The van der Waals surface area contributed by atoms with Gasteiger partial charge in [-0.15, -0.1) is 11.3 Å². The molecule has 2 aromatic heterocycles. The van der Waals surface area contributed by atoms with Crippen LogP contribution in [0.25, 0.3) is 10.2 Å². The van der Waals surface area contributed by atoms with Crippen LogP contribution in [-0.2, 0) is 12.3 Å². The minimum Gasteiger partial charge on any atom is -0.302 e. The van der Waals surface area contributed by atoms with Gasteiger partial charge in [-0.2, -0.15) is 0 Å². The number of likely N-dealkylation sites (tertiary alicyclic amines) is 1. The summed E-state index contributed by atoms with van der Waals surface area (Å²) in [7, 11) is 0. The Morgan fingerprint density at radius 1 is 1.15 bits per heavy atom. The summed E-state index contributed by atoms with van der Waals surface area (Å²) in [5, 5.41) is 2.79. The van der Waals surface area contributed by atoms with Crippen molar-refractivity contribution in [1.82, 2.24) is 14.5 Å². The molecule has 0 aliphatic carbocycles. The third kappa shape index (κ3) is 3.72. The Labute approximate surface area is 161 Å². The van der Waals surface area contributed by atoms with Crippen molar-refractivity contribution < 1.29 is 0 Å². The van der Waals surface area contributed by atoms with E-state index in [-0.39, 0.29) is 5.56 Å². The van der Waals surface area contributed by atoms with E-state index in [0.717, 1.165) is 47.3 Å². The van der Waals surface area contributed by atoms with Crippen molar-refractivity contribution in [2.75, 3.05) is 19.6 Å². The first-order valence-electron chi connectivity index (χ1n) is 9.10. The molecule has 0 atom stereocenters. The minimum absolute atomic E-state index is 0.108. The Morgan fingerprint density at radius 2 is 1.96 bits per heavy atom. The van der Waals surface area contributed by atoms with E-state index in [2.05, 4.69) is 36.1 Å². The van der Waals surface area contributed by atoms with Crippen LogP contribution >= 0.6 is 23.1 Å². The molecule has 1 aliphatic heterocycles. The number of fused-ring (bicyclic) bond motifs is 1. The van der Waals surface area contributed by atoms with E-state index in [0.29, 0.717) is 0 Å². The largest absolute Gasteiger partial charge is 0.302 e. The van der Waals surface area contributed by atoms with E-state index < -0.39 is 0 Å². The molecule has 3 aromatic rings. The summed E-state index contributed by atoms with van der Waals surface area (Å²) in [5.41, 5.74) is 3.51. The lowest BCUT2D eigenvalue weighted by Crippen LogP contribution is -2.30. The molecule has 1 saturated heterocycles. The quantitative estimate of drug-likeness (QED) is 0.472. The zero-order valence-corrected chi connectivity index (χ0v) is 16.6. The predicted octanol–water partition coefficient (Wildman–Crippen LogP) is 4.15. The first-order valence-corrected chi connectivity index (χ1v) is 11.0. The molecule has 0 saturated carbocycles.